The highest BCUT2D eigenvalue weighted by molar-refractivity contribution is 5.97. The maximum Gasteiger partial charge on any atom is 0.419 e. The molecule has 1 aromatic carbocycles. The lowest BCUT2D eigenvalue weighted by Gasteiger charge is -2.19. The number of nitrogens with zero attached hydrogens (tertiary/aromatic N) is 1. The molecule has 0 aromatic heterocycles. The molecule has 1 amide bonds. The smallest absolute Gasteiger partial charge is 0.325 e. The number of amides is 1. The maximum absolute atomic E-state index is 13.2. The zero-order chi connectivity index (χ0) is 15.7. The highest BCUT2D eigenvalue weighted by Gasteiger charge is 2.42. The number of nitriles is 1. The molecule has 112 valence electrons. The van der Waals surface area contributed by atoms with Crippen LogP contribution >= 0.6 is 0 Å². The number of carbonyl (C=O) groups is 1. The average molecular weight is 300 g/mol. The summed E-state index contributed by atoms with van der Waals surface area (Å²) in [6.45, 7) is 0. The lowest BCUT2D eigenvalue weighted by atomic mass is 9.87. The van der Waals surface area contributed by atoms with E-state index in [1.54, 1.807) is 0 Å². The van der Waals surface area contributed by atoms with E-state index in [0.29, 0.717) is 25.0 Å². The Kier molecular flexibility index (Phi) is 3.90. The van der Waals surface area contributed by atoms with Crippen LogP contribution in [0.5, 0.6) is 0 Å². The Morgan fingerprint density at radius 1 is 1.29 bits per heavy atom. The lowest BCUT2D eigenvalue weighted by Crippen LogP contribution is -2.32. The van der Waals surface area contributed by atoms with Crippen molar-refractivity contribution in [1.29, 1.82) is 5.26 Å². The van der Waals surface area contributed by atoms with Gasteiger partial charge in [-0.3, -0.25) is 4.79 Å². The van der Waals surface area contributed by atoms with Gasteiger partial charge in [-0.1, -0.05) is 12.8 Å². The number of alkyl halides is 3. The maximum atomic E-state index is 13.2. The van der Waals surface area contributed by atoms with Gasteiger partial charge in [-0.25, -0.2) is 4.39 Å². The van der Waals surface area contributed by atoms with E-state index in [-0.39, 0.29) is 5.69 Å². The second-order valence-electron chi connectivity index (χ2n) is 5.05. The topological polar surface area (TPSA) is 52.9 Å². The fourth-order valence-corrected chi connectivity index (χ4v) is 2.44. The molecule has 0 unspecified atom stereocenters. The van der Waals surface area contributed by atoms with E-state index >= 15 is 0 Å². The molecule has 0 heterocycles. The summed E-state index contributed by atoms with van der Waals surface area (Å²) in [7, 11) is 0. The number of hydrogen-bond donors (Lipinski definition) is 1. The third kappa shape index (κ3) is 2.99. The summed E-state index contributed by atoms with van der Waals surface area (Å²) in [4.78, 5) is 12.1. The Bertz CT molecular complexity index is 598. The molecule has 1 saturated carbocycles. The minimum absolute atomic E-state index is 0.171. The van der Waals surface area contributed by atoms with Crippen LogP contribution in [0.4, 0.5) is 23.2 Å². The van der Waals surface area contributed by atoms with Gasteiger partial charge in [0.05, 0.1) is 11.6 Å². The average Bonchev–Trinajstić information content (AvgIpc) is 2.89. The van der Waals surface area contributed by atoms with E-state index in [0.717, 1.165) is 18.9 Å². The molecule has 1 aromatic rings. The Morgan fingerprint density at radius 3 is 2.43 bits per heavy atom. The molecule has 1 fully saturated rings. The summed E-state index contributed by atoms with van der Waals surface area (Å²) in [6, 6.07) is 4.17. The predicted octanol–water partition coefficient (Wildman–Crippen LogP) is 3.87. The van der Waals surface area contributed by atoms with Gasteiger partial charge in [-0.2, -0.15) is 18.4 Å². The molecule has 1 aliphatic rings. The van der Waals surface area contributed by atoms with E-state index in [2.05, 4.69) is 5.32 Å². The second kappa shape index (κ2) is 5.35. The van der Waals surface area contributed by atoms with Crippen molar-refractivity contribution >= 4 is 11.6 Å². The zero-order valence-electron chi connectivity index (χ0n) is 10.9. The van der Waals surface area contributed by atoms with Crippen molar-refractivity contribution in [3.63, 3.8) is 0 Å². The third-order valence-electron chi connectivity index (χ3n) is 3.64. The first kappa shape index (κ1) is 15.3. The first-order chi connectivity index (χ1) is 9.78. The second-order valence-corrected chi connectivity index (χ2v) is 5.05. The Labute approximate surface area is 118 Å². The molecular formula is C14H12F4N2O. The van der Waals surface area contributed by atoms with Crippen molar-refractivity contribution in [3.8, 4) is 6.07 Å². The van der Waals surface area contributed by atoms with Crippen LogP contribution in [-0.4, -0.2) is 5.91 Å². The highest BCUT2D eigenvalue weighted by Crippen LogP contribution is 2.39. The van der Waals surface area contributed by atoms with E-state index < -0.39 is 28.9 Å². The first-order valence-electron chi connectivity index (χ1n) is 6.38. The molecular weight excluding hydrogens is 288 g/mol. The van der Waals surface area contributed by atoms with Gasteiger partial charge in [0.2, 0.25) is 5.91 Å². The summed E-state index contributed by atoms with van der Waals surface area (Å²) in [6.07, 6.45) is -2.65. The quantitative estimate of drug-likeness (QED) is 0.843. The fourth-order valence-electron chi connectivity index (χ4n) is 2.44. The zero-order valence-corrected chi connectivity index (χ0v) is 10.9. The summed E-state index contributed by atoms with van der Waals surface area (Å²) in [5.74, 6) is -2.04. The van der Waals surface area contributed by atoms with Crippen molar-refractivity contribution in [1.82, 2.24) is 0 Å². The van der Waals surface area contributed by atoms with Gasteiger partial charge in [0, 0.05) is 5.69 Å². The van der Waals surface area contributed by atoms with Crippen molar-refractivity contribution in [3.05, 3.63) is 29.6 Å². The first-order valence-corrected chi connectivity index (χ1v) is 6.38. The van der Waals surface area contributed by atoms with Gasteiger partial charge < -0.3 is 5.32 Å². The standard InChI is InChI=1S/C14H12F4N2O/c15-11-4-3-9(7-10(11)14(16,17)18)20-12(21)13(8-19)5-1-2-6-13/h3-4,7H,1-2,5-6H2,(H,20,21). The molecule has 0 radical (unpaired) electrons. The van der Waals surface area contributed by atoms with Gasteiger partial charge in [0.1, 0.15) is 11.2 Å². The summed E-state index contributed by atoms with van der Waals surface area (Å²) >= 11 is 0. The van der Waals surface area contributed by atoms with Crippen molar-refractivity contribution in [2.75, 3.05) is 5.32 Å². The number of halogens is 4. The molecule has 1 aliphatic carbocycles. The van der Waals surface area contributed by atoms with Crippen LogP contribution < -0.4 is 5.32 Å². The number of rotatable bonds is 2. The largest absolute Gasteiger partial charge is 0.419 e. The number of hydrogen-bond acceptors (Lipinski definition) is 2. The van der Waals surface area contributed by atoms with E-state index in [9.17, 15) is 22.4 Å². The number of benzene rings is 1. The molecule has 0 spiro atoms. The normalized spacial score (nSPS) is 17.3. The molecule has 2 rings (SSSR count). The number of nitrogens with one attached hydrogen (secondary N) is 1. The van der Waals surface area contributed by atoms with Crippen LogP contribution in [0.3, 0.4) is 0 Å². The molecule has 1 N–H and O–H groups in total. The van der Waals surface area contributed by atoms with Crippen LogP contribution in [0.2, 0.25) is 0 Å². The monoisotopic (exact) mass is 300 g/mol. The summed E-state index contributed by atoms with van der Waals surface area (Å²) in [5, 5.41) is 11.4. The van der Waals surface area contributed by atoms with Gasteiger partial charge in [0.25, 0.3) is 0 Å². The van der Waals surface area contributed by atoms with Crippen LogP contribution in [-0.2, 0) is 11.0 Å². The van der Waals surface area contributed by atoms with Crippen molar-refractivity contribution < 1.29 is 22.4 Å². The van der Waals surface area contributed by atoms with Crippen LogP contribution in [0.1, 0.15) is 31.2 Å². The Hall–Kier alpha value is -2.10. The van der Waals surface area contributed by atoms with Crippen molar-refractivity contribution in [2.24, 2.45) is 5.41 Å². The molecule has 21 heavy (non-hydrogen) atoms. The molecule has 7 heteroatoms. The molecule has 3 nitrogen and oxygen atoms in total. The molecule has 0 aliphatic heterocycles. The fraction of sp³-hybridized carbons (Fsp3) is 0.429. The highest BCUT2D eigenvalue weighted by atomic mass is 19.4. The molecule has 0 atom stereocenters. The van der Waals surface area contributed by atoms with Crippen LogP contribution in [0.15, 0.2) is 18.2 Å². The van der Waals surface area contributed by atoms with Crippen LogP contribution in [0, 0.1) is 22.6 Å². The van der Waals surface area contributed by atoms with E-state index in [1.165, 1.54) is 0 Å². The molecule has 0 bridgehead atoms. The summed E-state index contributed by atoms with van der Waals surface area (Å²) < 4.78 is 51.0. The minimum Gasteiger partial charge on any atom is -0.325 e. The number of anilines is 1. The molecule has 0 saturated heterocycles. The summed E-state index contributed by atoms with van der Waals surface area (Å²) in [5.41, 5.74) is -2.82. The third-order valence-corrected chi connectivity index (χ3v) is 3.64. The van der Waals surface area contributed by atoms with Gasteiger partial charge in [-0.05, 0) is 31.0 Å². The van der Waals surface area contributed by atoms with Crippen LogP contribution in [0.25, 0.3) is 0 Å². The Balaban J connectivity index is 2.25. The van der Waals surface area contributed by atoms with E-state index in [1.807, 2.05) is 6.07 Å². The lowest BCUT2D eigenvalue weighted by molar-refractivity contribution is -0.140. The SMILES string of the molecule is N#CC1(C(=O)Nc2ccc(F)c(C(F)(F)F)c2)CCCC1. The van der Waals surface area contributed by atoms with Gasteiger partial charge in [-0.15, -0.1) is 0 Å². The van der Waals surface area contributed by atoms with Gasteiger partial charge in [0.15, 0.2) is 0 Å². The van der Waals surface area contributed by atoms with E-state index in [4.69, 9.17) is 5.26 Å². The predicted molar refractivity (Wildman–Crippen MR) is 66.5 cm³/mol. The van der Waals surface area contributed by atoms with Crippen molar-refractivity contribution in [2.45, 2.75) is 31.9 Å². The number of carbonyl (C=O) groups excluding carboxylic acids is 1. The minimum atomic E-state index is -4.84. The Morgan fingerprint density at radius 2 is 1.90 bits per heavy atom. The van der Waals surface area contributed by atoms with Gasteiger partial charge >= 0.3 is 6.18 Å².